The second kappa shape index (κ2) is 4.94. The molecule has 1 rings (SSSR count). The van der Waals surface area contributed by atoms with Crippen molar-refractivity contribution < 1.29 is 4.79 Å². The molecule has 1 aliphatic rings. The van der Waals surface area contributed by atoms with Crippen LogP contribution in [0.1, 0.15) is 32.1 Å². The van der Waals surface area contributed by atoms with E-state index in [2.05, 4.69) is 27.8 Å². The SMILES string of the molecule is C=C(Br)CNC(=O)C1(N)CCCCC1. The zero-order valence-corrected chi connectivity index (χ0v) is 9.90. The molecule has 4 heteroatoms. The van der Waals surface area contributed by atoms with Gasteiger partial charge in [-0.1, -0.05) is 41.8 Å². The van der Waals surface area contributed by atoms with Crippen LogP contribution in [0.2, 0.25) is 0 Å². The van der Waals surface area contributed by atoms with Crippen molar-refractivity contribution in [3.8, 4) is 0 Å². The van der Waals surface area contributed by atoms with Crippen LogP contribution in [-0.4, -0.2) is 18.0 Å². The highest BCUT2D eigenvalue weighted by Crippen LogP contribution is 2.25. The molecule has 3 N–H and O–H groups in total. The van der Waals surface area contributed by atoms with Crippen LogP contribution in [0.25, 0.3) is 0 Å². The Hall–Kier alpha value is -0.350. The molecule has 0 heterocycles. The first-order valence-electron chi connectivity index (χ1n) is 4.95. The average molecular weight is 261 g/mol. The van der Waals surface area contributed by atoms with E-state index < -0.39 is 5.54 Å². The Labute approximate surface area is 93.2 Å². The third-order valence-corrected chi connectivity index (χ3v) is 2.92. The van der Waals surface area contributed by atoms with Crippen molar-refractivity contribution >= 4 is 21.8 Å². The number of hydrogen-bond acceptors (Lipinski definition) is 2. The maximum Gasteiger partial charge on any atom is 0.240 e. The van der Waals surface area contributed by atoms with Crippen LogP contribution in [0.15, 0.2) is 11.1 Å². The normalized spacial score (nSPS) is 20.1. The quantitative estimate of drug-likeness (QED) is 0.812. The van der Waals surface area contributed by atoms with Crippen LogP contribution < -0.4 is 11.1 Å². The zero-order valence-electron chi connectivity index (χ0n) is 8.31. The van der Waals surface area contributed by atoms with E-state index in [9.17, 15) is 4.79 Å². The van der Waals surface area contributed by atoms with E-state index in [1.54, 1.807) is 0 Å². The fraction of sp³-hybridized carbons (Fsp3) is 0.700. The Morgan fingerprint density at radius 3 is 2.50 bits per heavy atom. The lowest BCUT2D eigenvalue weighted by Gasteiger charge is -2.31. The van der Waals surface area contributed by atoms with E-state index >= 15 is 0 Å². The molecule has 3 nitrogen and oxygen atoms in total. The molecule has 0 radical (unpaired) electrons. The first kappa shape index (κ1) is 11.7. The number of carbonyl (C=O) groups excluding carboxylic acids is 1. The highest BCUT2D eigenvalue weighted by Gasteiger charge is 2.34. The molecule has 1 saturated carbocycles. The van der Waals surface area contributed by atoms with Crippen LogP contribution in [0.5, 0.6) is 0 Å². The number of nitrogens with two attached hydrogens (primary N) is 1. The largest absolute Gasteiger partial charge is 0.350 e. The topological polar surface area (TPSA) is 55.1 Å². The molecule has 0 bridgehead atoms. The smallest absolute Gasteiger partial charge is 0.240 e. The Bertz CT molecular complexity index is 234. The summed E-state index contributed by atoms with van der Waals surface area (Å²) in [6.07, 6.45) is 4.90. The first-order valence-corrected chi connectivity index (χ1v) is 5.74. The summed E-state index contributed by atoms with van der Waals surface area (Å²) in [7, 11) is 0. The summed E-state index contributed by atoms with van der Waals surface area (Å²) in [6, 6.07) is 0. The van der Waals surface area contributed by atoms with E-state index in [1.807, 2.05) is 0 Å². The molecule has 0 aromatic heterocycles. The molecule has 0 aromatic rings. The summed E-state index contributed by atoms with van der Waals surface area (Å²) in [5.41, 5.74) is 5.39. The third kappa shape index (κ3) is 3.10. The Morgan fingerprint density at radius 1 is 1.43 bits per heavy atom. The second-order valence-electron chi connectivity index (χ2n) is 3.92. The summed E-state index contributed by atoms with van der Waals surface area (Å²) in [5, 5.41) is 2.78. The number of carbonyl (C=O) groups is 1. The van der Waals surface area contributed by atoms with Gasteiger partial charge in [0.05, 0.1) is 5.54 Å². The molecule has 1 amide bonds. The third-order valence-electron chi connectivity index (χ3n) is 2.64. The van der Waals surface area contributed by atoms with Gasteiger partial charge in [-0.2, -0.15) is 0 Å². The Morgan fingerprint density at radius 2 is 2.00 bits per heavy atom. The van der Waals surface area contributed by atoms with Crippen molar-refractivity contribution in [3.05, 3.63) is 11.1 Å². The molecule has 0 aliphatic heterocycles. The number of hydrogen-bond donors (Lipinski definition) is 2. The summed E-state index contributed by atoms with van der Waals surface area (Å²) in [6.45, 7) is 4.11. The number of rotatable bonds is 3. The van der Waals surface area contributed by atoms with Crippen molar-refractivity contribution in [1.29, 1.82) is 0 Å². The molecule has 0 saturated heterocycles. The van der Waals surface area contributed by atoms with E-state index in [-0.39, 0.29) is 5.91 Å². The predicted octanol–water partition coefficient (Wildman–Crippen LogP) is 1.67. The predicted molar refractivity (Wildman–Crippen MR) is 61.1 cm³/mol. The van der Waals surface area contributed by atoms with Crippen molar-refractivity contribution in [3.63, 3.8) is 0 Å². The fourth-order valence-corrected chi connectivity index (χ4v) is 1.90. The first-order chi connectivity index (χ1) is 6.54. The summed E-state index contributed by atoms with van der Waals surface area (Å²) < 4.78 is 0.769. The fourth-order valence-electron chi connectivity index (χ4n) is 1.76. The summed E-state index contributed by atoms with van der Waals surface area (Å²) in [5.74, 6) is -0.0437. The molecule has 0 unspecified atom stereocenters. The maximum absolute atomic E-state index is 11.7. The molecular formula is C10H17BrN2O. The second-order valence-corrected chi connectivity index (χ2v) is 5.04. The maximum atomic E-state index is 11.7. The standard InChI is InChI=1S/C10H17BrN2O/c1-8(11)7-13-9(14)10(12)5-3-2-4-6-10/h1-7,12H2,(H,13,14). The van der Waals surface area contributed by atoms with Gasteiger partial charge in [-0.25, -0.2) is 0 Å². The van der Waals surface area contributed by atoms with Crippen molar-refractivity contribution in [2.45, 2.75) is 37.6 Å². The van der Waals surface area contributed by atoms with Gasteiger partial charge in [0.2, 0.25) is 5.91 Å². The summed E-state index contributed by atoms with van der Waals surface area (Å²) >= 11 is 3.19. The lowest BCUT2D eigenvalue weighted by Crippen LogP contribution is -2.55. The van der Waals surface area contributed by atoms with Crippen LogP contribution in [0.3, 0.4) is 0 Å². The molecular weight excluding hydrogens is 244 g/mol. The van der Waals surface area contributed by atoms with Crippen LogP contribution in [-0.2, 0) is 4.79 Å². The van der Waals surface area contributed by atoms with Crippen molar-refractivity contribution in [1.82, 2.24) is 5.32 Å². The van der Waals surface area contributed by atoms with Gasteiger partial charge >= 0.3 is 0 Å². The van der Waals surface area contributed by atoms with Gasteiger partial charge in [-0.3, -0.25) is 4.79 Å². The Balaban J connectivity index is 2.45. The van der Waals surface area contributed by atoms with E-state index in [1.165, 1.54) is 6.42 Å². The highest BCUT2D eigenvalue weighted by molar-refractivity contribution is 9.11. The Kier molecular flexibility index (Phi) is 4.13. The van der Waals surface area contributed by atoms with Crippen molar-refractivity contribution in [2.75, 3.05) is 6.54 Å². The van der Waals surface area contributed by atoms with E-state index in [0.717, 1.165) is 30.2 Å². The van der Waals surface area contributed by atoms with Gasteiger partial charge < -0.3 is 11.1 Å². The van der Waals surface area contributed by atoms with E-state index in [0.29, 0.717) is 6.54 Å². The molecule has 80 valence electrons. The lowest BCUT2D eigenvalue weighted by atomic mass is 9.82. The van der Waals surface area contributed by atoms with Crippen LogP contribution >= 0.6 is 15.9 Å². The molecule has 14 heavy (non-hydrogen) atoms. The van der Waals surface area contributed by atoms with Gasteiger partial charge in [0.1, 0.15) is 0 Å². The lowest BCUT2D eigenvalue weighted by molar-refractivity contribution is -0.127. The molecule has 1 fully saturated rings. The highest BCUT2D eigenvalue weighted by atomic mass is 79.9. The molecule has 0 aromatic carbocycles. The minimum absolute atomic E-state index is 0.0437. The van der Waals surface area contributed by atoms with Crippen molar-refractivity contribution in [2.24, 2.45) is 5.73 Å². The molecule has 0 spiro atoms. The van der Waals surface area contributed by atoms with Gasteiger partial charge in [0, 0.05) is 11.0 Å². The van der Waals surface area contributed by atoms with Crippen LogP contribution in [0, 0.1) is 0 Å². The number of nitrogens with one attached hydrogen (secondary N) is 1. The van der Waals surface area contributed by atoms with E-state index in [4.69, 9.17) is 5.73 Å². The van der Waals surface area contributed by atoms with Gasteiger partial charge in [0.25, 0.3) is 0 Å². The number of halogens is 1. The number of amides is 1. The minimum Gasteiger partial charge on any atom is -0.350 e. The van der Waals surface area contributed by atoms with Gasteiger partial charge in [0.15, 0.2) is 0 Å². The summed E-state index contributed by atoms with van der Waals surface area (Å²) in [4.78, 5) is 11.7. The monoisotopic (exact) mass is 260 g/mol. The molecule has 1 aliphatic carbocycles. The average Bonchev–Trinajstić information content (AvgIpc) is 2.15. The molecule has 0 atom stereocenters. The van der Waals surface area contributed by atoms with Gasteiger partial charge in [-0.05, 0) is 12.8 Å². The van der Waals surface area contributed by atoms with Crippen LogP contribution in [0.4, 0.5) is 0 Å². The van der Waals surface area contributed by atoms with Gasteiger partial charge in [-0.15, -0.1) is 0 Å². The zero-order chi connectivity index (χ0) is 10.6. The minimum atomic E-state index is -0.638.